The monoisotopic (exact) mass is 280 g/mol. The average Bonchev–Trinajstić information content (AvgIpc) is 2.45. The standard InChI is InChI=1S/C16H16N4O/c1-10-7-15(14(8-17)11(2)20-10)19-9-12-3-5-13(6-4-12)16(18)21/h3-7H,9H2,1-2H3,(H2,18,21)(H,19,20). The third-order valence-corrected chi connectivity index (χ3v) is 3.16. The van der Waals surface area contributed by atoms with Crippen molar-refractivity contribution in [3.63, 3.8) is 0 Å². The number of pyridine rings is 1. The zero-order valence-electron chi connectivity index (χ0n) is 12.0. The Morgan fingerprint density at radius 3 is 2.57 bits per heavy atom. The summed E-state index contributed by atoms with van der Waals surface area (Å²) in [5, 5.41) is 12.4. The van der Waals surface area contributed by atoms with E-state index in [4.69, 9.17) is 5.73 Å². The molecule has 0 fully saturated rings. The summed E-state index contributed by atoms with van der Waals surface area (Å²) in [5.74, 6) is -0.443. The Labute approximate surface area is 123 Å². The smallest absolute Gasteiger partial charge is 0.248 e. The number of primary amides is 1. The molecule has 2 aromatic rings. The molecule has 0 saturated carbocycles. The average molecular weight is 280 g/mol. The van der Waals surface area contributed by atoms with Crippen molar-refractivity contribution in [1.29, 1.82) is 5.26 Å². The molecule has 0 aliphatic heterocycles. The van der Waals surface area contributed by atoms with Gasteiger partial charge in [-0.05, 0) is 37.6 Å². The van der Waals surface area contributed by atoms with Crippen LogP contribution in [0.3, 0.4) is 0 Å². The van der Waals surface area contributed by atoms with Gasteiger partial charge in [0, 0.05) is 17.8 Å². The Morgan fingerprint density at radius 2 is 2.00 bits per heavy atom. The Morgan fingerprint density at radius 1 is 1.33 bits per heavy atom. The highest BCUT2D eigenvalue weighted by molar-refractivity contribution is 5.92. The summed E-state index contributed by atoms with van der Waals surface area (Å²) in [6.45, 7) is 4.26. The number of aryl methyl sites for hydroxylation is 2. The molecule has 0 aliphatic carbocycles. The van der Waals surface area contributed by atoms with Gasteiger partial charge in [0.05, 0.1) is 16.9 Å². The fourth-order valence-electron chi connectivity index (χ4n) is 2.09. The van der Waals surface area contributed by atoms with Crippen LogP contribution in [0.25, 0.3) is 0 Å². The van der Waals surface area contributed by atoms with E-state index in [1.54, 1.807) is 12.1 Å². The SMILES string of the molecule is Cc1cc(NCc2ccc(C(N)=O)cc2)c(C#N)c(C)n1. The largest absolute Gasteiger partial charge is 0.380 e. The van der Waals surface area contributed by atoms with Crippen molar-refractivity contribution in [2.45, 2.75) is 20.4 Å². The minimum Gasteiger partial charge on any atom is -0.380 e. The van der Waals surface area contributed by atoms with E-state index in [1.165, 1.54) is 0 Å². The normalized spacial score (nSPS) is 9.95. The first kappa shape index (κ1) is 14.5. The second kappa shape index (κ2) is 6.06. The third-order valence-electron chi connectivity index (χ3n) is 3.16. The van der Waals surface area contributed by atoms with Crippen molar-refractivity contribution in [1.82, 2.24) is 4.98 Å². The number of nitrogens with zero attached hydrogens (tertiary/aromatic N) is 2. The summed E-state index contributed by atoms with van der Waals surface area (Å²) in [6.07, 6.45) is 0. The molecule has 0 radical (unpaired) electrons. The number of nitriles is 1. The highest BCUT2D eigenvalue weighted by atomic mass is 16.1. The summed E-state index contributed by atoms with van der Waals surface area (Å²) in [6, 6.07) is 11.1. The van der Waals surface area contributed by atoms with Crippen LogP contribution >= 0.6 is 0 Å². The Bertz CT molecular complexity index is 714. The first-order valence-corrected chi connectivity index (χ1v) is 6.52. The molecular weight excluding hydrogens is 264 g/mol. The molecule has 0 bridgehead atoms. The number of benzene rings is 1. The first-order valence-electron chi connectivity index (χ1n) is 6.52. The predicted molar refractivity (Wildman–Crippen MR) is 80.7 cm³/mol. The number of nitrogens with one attached hydrogen (secondary N) is 1. The number of carbonyl (C=O) groups is 1. The molecule has 106 valence electrons. The van der Waals surface area contributed by atoms with Crippen LogP contribution in [0.15, 0.2) is 30.3 Å². The van der Waals surface area contributed by atoms with Crippen molar-refractivity contribution in [3.8, 4) is 6.07 Å². The molecule has 21 heavy (non-hydrogen) atoms. The van der Waals surface area contributed by atoms with Gasteiger partial charge in [-0.25, -0.2) is 0 Å². The van der Waals surface area contributed by atoms with Gasteiger partial charge in [-0.2, -0.15) is 5.26 Å². The summed E-state index contributed by atoms with van der Waals surface area (Å²) in [7, 11) is 0. The van der Waals surface area contributed by atoms with E-state index in [0.29, 0.717) is 23.4 Å². The number of amides is 1. The summed E-state index contributed by atoms with van der Waals surface area (Å²) < 4.78 is 0. The van der Waals surface area contributed by atoms with Crippen molar-refractivity contribution in [2.75, 3.05) is 5.32 Å². The van der Waals surface area contributed by atoms with E-state index in [9.17, 15) is 10.1 Å². The van der Waals surface area contributed by atoms with Gasteiger partial charge in [-0.1, -0.05) is 12.1 Å². The molecule has 2 rings (SSSR count). The summed E-state index contributed by atoms with van der Waals surface area (Å²) in [5.41, 5.74) is 9.56. The lowest BCUT2D eigenvalue weighted by Gasteiger charge is -2.11. The molecular formula is C16H16N4O. The molecule has 5 nitrogen and oxygen atoms in total. The maximum absolute atomic E-state index is 11.0. The van der Waals surface area contributed by atoms with Crippen molar-refractivity contribution >= 4 is 11.6 Å². The Kier molecular flexibility index (Phi) is 4.19. The number of anilines is 1. The second-order valence-corrected chi connectivity index (χ2v) is 4.80. The van der Waals surface area contributed by atoms with E-state index in [2.05, 4.69) is 16.4 Å². The quantitative estimate of drug-likeness (QED) is 0.898. The maximum atomic E-state index is 11.0. The molecule has 0 saturated heterocycles. The van der Waals surface area contributed by atoms with E-state index < -0.39 is 5.91 Å². The van der Waals surface area contributed by atoms with Crippen molar-refractivity contribution in [3.05, 3.63) is 58.4 Å². The van der Waals surface area contributed by atoms with Gasteiger partial charge in [0.1, 0.15) is 6.07 Å². The molecule has 1 aromatic heterocycles. The lowest BCUT2D eigenvalue weighted by molar-refractivity contribution is 0.100. The van der Waals surface area contributed by atoms with Gasteiger partial charge in [0.25, 0.3) is 0 Å². The number of rotatable bonds is 4. The van der Waals surface area contributed by atoms with Crippen LogP contribution in [0, 0.1) is 25.2 Å². The molecule has 0 spiro atoms. The van der Waals surface area contributed by atoms with Gasteiger partial charge < -0.3 is 11.1 Å². The predicted octanol–water partition coefficient (Wildman–Crippen LogP) is 2.28. The summed E-state index contributed by atoms with van der Waals surface area (Å²) >= 11 is 0. The van der Waals surface area contributed by atoms with E-state index in [1.807, 2.05) is 32.0 Å². The number of aromatic nitrogens is 1. The highest BCUT2D eigenvalue weighted by Crippen LogP contribution is 2.19. The van der Waals surface area contributed by atoms with Crippen molar-refractivity contribution < 1.29 is 4.79 Å². The van der Waals surface area contributed by atoms with Crippen LogP contribution in [0.4, 0.5) is 5.69 Å². The van der Waals surface area contributed by atoms with Crippen LogP contribution in [-0.2, 0) is 6.54 Å². The van der Waals surface area contributed by atoms with Gasteiger partial charge >= 0.3 is 0 Å². The molecule has 0 aliphatic rings. The minimum atomic E-state index is -0.443. The lowest BCUT2D eigenvalue weighted by atomic mass is 10.1. The molecule has 0 atom stereocenters. The first-order chi connectivity index (χ1) is 10.0. The van der Waals surface area contributed by atoms with E-state index >= 15 is 0 Å². The summed E-state index contributed by atoms with van der Waals surface area (Å²) in [4.78, 5) is 15.3. The van der Waals surface area contributed by atoms with Crippen LogP contribution in [0.1, 0.15) is 32.9 Å². The third kappa shape index (κ3) is 3.37. The van der Waals surface area contributed by atoms with Gasteiger partial charge in [0.15, 0.2) is 0 Å². The molecule has 3 N–H and O–H groups in total. The van der Waals surface area contributed by atoms with Gasteiger partial charge in [-0.3, -0.25) is 9.78 Å². The number of hydrogen-bond acceptors (Lipinski definition) is 4. The van der Waals surface area contributed by atoms with E-state index in [-0.39, 0.29) is 0 Å². The maximum Gasteiger partial charge on any atom is 0.248 e. The second-order valence-electron chi connectivity index (χ2n) is 4.80. The van der Waals surface area contributed by atoms with Crippen LogP contribution in [0.5, 0.6) is 0 Å². The van der Waals surface area contributed by atoms with Crippen LogP contribution < -0.4 is 11.1 Å². The van der Waals surface area contributed by atoms with Crippen LogP contribution in [0.2, 0.25) is 0 Å². The molecule has 1 aromatic carbocycles. The molecule has 1 amide bonds. The zero-order chi connectivity index (χ0) is 15.4. The highest BCUT2D eigenvalue weighted by Gasteiger charge is 2.08. The Balaban J connectivity index is 2.17. The fraction of sp³-hybridized carbons (Fsp3) is 0.188. The molecule has 1 heterocycles. The number of nitrogens with two attached hydrogens (primary N) is 1. The van der Waals surface area contributed by atoms with E-state index in [0.717, 1.165) is 16.9 Å². The van der Waals surface area contributed by atoms with Gasteiger partial charge in [0.2, 0.25) is 5.91 Å². The van der Waals surface area contributed by atoms with Crippen molar-refractivity contribution in [2.24, 2.45) is 5.73 Å². The van der Waals surface area contributed by atoms with Gasteiger partial charge in [-0.15, -0.1) is 0 Å². The fourth-order valence-corrected chi connectivity index (χ4v) is 2.09. The molecule has 5 heteroatoms. The number of carbonyl (C=O) groups excluding carboxylic acids is 1. The minimum absolute atomic E-state index is 0.443. The van der Waals surface area contributed by atoms with Crippen LogP contribution in [-0.4, -0.2) is 10.9 Å². The number of hydrogen-bond donors (Lipinski definition) is 2. The lowest BCUT2D eigenvalue weighted by Crippen LogP contribution is -2.11. The molecule has 0 unspecified atom stereocenters. The zero-order valence-corrected chi connectivity index (χ0v) is 12.0. The topological polar surface area (TPSA) is 91.8 Å². The Hall–Kier alpha value is -2.87.